The molecule has 25 heteroatoms. The fourth-order valence-electron chi connectivity index (χ4n) is 9.90. The zero-order valence-corrected chi connectivity index (χ0v) is 73.2. The third kappa shape index (κ3) is 40.2. The number of hydrogen-bond donors (Lipinski definition) is 2. The van der Waals surface area contributed by atoms with Crippen LogP contribution in [0.5, 0.6) is 0 Å². The van der Waals surface area contributed by atoms with Crippen molar-refractivity contribution in [3.63, 3.8) is 0 Å². The van der Waals surface area contributed by atoms with Gasteiger partial charge in [0.15, 0.2) is 0 Å². The van der Waals surface area contributed by atoms with Gasteiger partial charge in [-0.2, -0.15) is 0 Å². The van der Waals surface area contributed by atoms with E-state index in [0.29, 0.717) is 194 Å². The van der Waals surface area contributed by atoms with Gasteiger partial charge in [-0.3, -0.25) is 9.80 Å². The maximum absolute atomic E-state index is 5.73. The Hall–Kier alpha value is 2.30. The molecular formula is C68H102As6K2N4O13+2. The van der Waals surface area contributed by atoms with Crippen LogP contribution in [0.25, 0.3) is 0 Å². The molecule has 0 saturated carbocycles. The first-order chi connectivity index (χ1) is 45.3. The van der Waals surface area contributed by atoms with Crippen LogP contribution in [0, 0.1) is 12.8 Å². The van der Waals surface area contributed by atoms with Crippen molar-refractivity contribution in [1.82, 2.24) is 9.80 Å². The van der Waals surface area contributed by atoms with Crippen LogP contribution in [0.2, 0.25) is 0 Å². The Bertz CT molecular complexity index is 2240. The van der Waals surface area contributed by atoms with Gasteiger partial charge >= 0.3 is 339 Å². The van der Waals surface area contributed by atoms with Gasteiger partial charge in [0.25, 0.3) is 0 Å². The van der Waals surface area contributed by atoms with Crippen molar-refractivity contribution in [2.75, 3.05) is 250 Å². The number of nitrogens with zero attached hydrogens (tertiary/aromatic N) is 2. The van der Waals surface area contributed by atoms with E-state index < -0.39 is 0 Å². The molecule has 9 heterocycles. The molecule has 0 radical (unpaired) electrons. The molecule has 93 heavy (non-hydrogen) atoms. The average Bonchev–Trinajstić information content (AvgIpc) is 1.83. The molecule has 0 aromatic heterocycles. The molecule has 7 saturated heterocycles. The summed E-state index contributed by atoms with van der Waals surface area (Å²) in [5, 5.41) is 0. The van der Waals surface area contributed by atoms with Crippen molar-refractivity contribution in [3.05, 3.63) is 153 Å². The number of nitrogens with one attached hydrogen (secondary N) is 2. The summed E-state index contributed by atoms with van der Waals surface area (Å²) in [4.78, 5) is 7.50. The van der Waals surface area contributed by atoms with Crippen molar-refractivity contribution in [2.24, 2.45) is 0 Å². The van der Waals surface area contributed by atoms with Gasteiger partial charge < -0.3 is 71.4 Å². The summed E-state index contributed by atoms with van der Waals surface area (Å²) in [6.45, 7) is 29.3. The zero-order valence-electron chi connectivity index (χ0n) is 55.7. The Kier molecular flexibility index (Phi) is 55.1. The Morgan fingerprint density at radius 1 is 0.312 bits per heavy atom. The van der Waals surface area contributed by atoms with Crippen LogP contribution in [0.15, 0.2) is 129 Å². The van der Waals surface area contributed by atoms with Crippen LogP contribution in [-0.2, 0) is 61.6 Å². The van der Waals surface area contributed by atoms with Gasteiger partial charge in [-0.05, 0) is 12.8 Å². The normalized spacial score (nSPS) is 27.2. The predicted octanol–water partition coefficient (Wildman–Crippen LogP) is -5.10. The third-order valence-electron chi connectivity index (χ3n) is 15.2. The fraction of sp³-hybridized carbons (Fsp3) is 0.588. The van der Waals surface area contributed by atoms with Crippen molar-refractivity contribution in [3.8, 4) is 0 Å². The summed E-state index contributed by atoms with van der Waals surface area (Å²) in [5.74, 6) is 0. The molecule has 17 nitrogen and oxygen atoms in total. The molecule has 502 valence electrons. The molecule has 7 fully saturated rings. The number of quaternary nitrogens is 2. The second kappa shape index (κ2) is 59.7. The standard InChI is InChI=1S/2C18H36N2O6.2C14H10As3.C4H8O.2K/c2*1-7-21-13-14-24-10-4-20-5-11-25-17-15-22-8-2-19(1)3-9-23-16-18-26-12-6-20;2*1-3-7-11(8-4-1)13-14(16-17-15-13)12-9-5-2-6-10-12;1-2-4-5-3-1;;/h2*1-18H2;2*1-10H;1-4H2;;/q;;2*-1;;2*+1/p+2. The van der Waals surface area contributed by atoms with E-state index in [0.717, 1.165) is 131 Å². The number of benzene rings is 2. The van der Waals surface area contributed by atoms with E-state index in [1.165, 1.54) is 44.9 Å². The number of hydrogen-bond acceptors (Lipinski definition) is 15. The fourth-order valence-corrected chi connectivity index (χ4v) is 64.4. The quantitative estimate of drug-likeness (QED) is 0.220. The van der Waals surface area contributed by atoms with Crippen LogP contribution < -0.4 is 113 Å². The number of rotatable bonds is 2. The maximum Gasteiger partial charge on any atom is 1.00 e. The molecule has 11 aliphatic rings. The van der Waals surface area contributed by atoms with E-state index in [-0.39, 0.29) is 103 Å². The first kappa shape index (κ1) is 85.9. The zero-order chi connectivity index (χ0) is 62.8. The summed E-state index contributed by atoms with van der Waals surface area (Å²) in [6, 6.07) is 22.0. The van der Waals surface area contributed by atoms with Crippen molar-refractivity contribution < 1.29 is 174 Å². The Balaban J connectivity index is 0.000000220. The van der Waals surface area contributed by atoms with E-state index in [1.54, 1.807) is 17.3 Å². The second-order valence-electron chi connectivity index (χ2n) is 21.8. The molecule has 13 rings (SSSR count). The molecule has 4 bridgehead atoms. The van der Waals surface area contributed by atoms with E-state index in [1.807, 2.05) is 0 Å². The molecule has 2 aliphatic carbocycles. The molecule has 9 aliphatic heterocycles. The molecular weight excluding hydrogens is 1610 g/mol. The summed E-state index contributed by atoms with van der Waals surface area (Å²) in [5.41, 5.74) is 5.92. The maximum atomic E-state index is 5.73. The summed E-state index contributed by atoms with van der Waals surface area (Å²) < 4.78 is 80.4. The Morgan fingerprint density at radius 3 is 0.828 bits per heavy atom. The number of ether oxygens (including phenoxy) is 13. The molecule has 2 aromatic carbocycles. The summed E-state index contributed by atoms with van der Waals surface area (Å²) in [6.07, 6.45) is 24.5. The third-order valence-corrected chi connectivity index (χ3v) is 56.2. The van der Waals surface area contributed by atoms with Gasteiger partial charge in [-0.15, -0.1) is 0 Å². The van der Waals surface area contributed by atoms with E-state index in [4.69, 9.17) is 61.6 Å². The summed E-state index contributed by atoms with van der Waals surface area (Å²) in [7, 11) is 0. The molecule has 0 amide bonds. The van der Waals surface area contributed by atoms with Crippen LogP contribution >= 0.6 is 0 Å². The number of fused-ring (bicyclic) bond motifs is 42. The largest absolute Gasteiger partial charge is 1.00 e. The molecule has 0 unspecified atom stereocenters. The van der Waals surface area contributed by atoms with E-state index >= 15 is 0 Å². The summed E-state index contributed by atoms with van der Waals surface area (Å²) >= 11 is 3.31. The minimum atomic E-state index is 0. The minimum absolute atomic E-state index is 0. The number of allylic oxidation sites excluding steroid dienone is 12. The van der Waals surface area contributed by atoms with Gasteiger partial charge in [0, 0.05) is 52.5 Å². The molecule has 2 N–H and O–H groups in total. The van der Waals surface area contributed by atoms with Gasteiger partial charge in [0.05, 0.1) is 159 Å². The first-order valence-electron chi connectivity index (χ1n) is 32.9. The average molecular weight is 1710 g/mol. The van der Waals surface area contributed by atoms with Crippen molar-refractivity contribution in [2.45, 2.75) is 12.8 Å². The van der Waals surface area contributed by atoms with Gasteiger partial charge in [0.2, 0.25) is 0 Å². The smallest absolute Gasteiger partial charge is 0.381 e. The molecule has 2 aromatic rings. The van der Waals surface area contributed by atoms with Crippen LogP contribution in [-0.4, -0.2) is 344 Å². The van der Waals surface area contributed by atoms with Crippen LogP contribution in [0.4, 0.5) is 0 Å². The predicted molar refractivity (Wildman–Crippen MR) is 369 cm³/mol. The SMILES string of the molecule is C1=C[CH-]/C(=C2\[As]=[As][As]=C2c2ccccc2)C=C1.C1=C[CH-]/C(=C2\[As]=[As][As]=C2c2ccccc2)C=C1.C1CCOC1.C1COCCN2CCOCCOCCN(CCO1)CCOCCOCC2.C1COCC[NH+]2CCOCCOCC[NH+](CCO1)CCOCCOCC2.[K+].[K+]. The van der Waals surface area contributed by atoms with Gasteiger partial charge in [-0.25, -0.2) is 0 Å². The molecule has 0 atom stereocenters. The van der Waals surface area contributed by atoms with E-state index in [9.17, 15) is 0 Å². The van der Waals surface area contributed by atoms with E-state index in [2.05, 4.69) is 132 Å². The second-order valence-corrected chi connectivity index (χ2v) is 60.9. The van der Waals surface area contributed by atoms with Crippen molar-refractivity contribution in [1.29, 1.82) is 0 Å². The van der Waals surface area contributed by atoms with Gasteiger partial charge in [-0.1, -0.05) is 0 Å². The Morgan fingerprint density at radius 2 is 0.581 bits per heavy atom. The first-order valence-corrected chi connectivity index (χ1v) is 57.4. The minimum Gasteiger partial charge on any atom is -0.381 e. The topological polar surface area (TPSA) is 135 Å². The van der Waals surface area contributed by atoms with Crippen LogP contribution in [0.1, 0.15) is 24.0 Å². The Labute approximate surface area is 673 Å². The molecule has 0 spiro atoms. The van der Waals surface area contributed by atoms with Gasteiger partial charge in [0.1, 0.15) is 39.3 Å². The van der Waals surface area contributed by atoms with Crippen LogP contribution in [0.3, 0.4) is 0 Å². The van der Waals surface area contributed by atoms with Crippen molar-refractivity contribution >= 4 is 83.5 Å². The monoisotopic (exact) mass is 1710 g/mol.